The summed E-state index contributed by atoms with van der Waals surface area (Å²) in [7, 11) is 1.64. The van der Waals surface area contributed by atoms with Gasteiger partial charge in [-0.1, -0.05) is 26.0 Å². The Morgan fingerprint density at radius 1 is 1.15 bits per heavy atom. The quantitative estimate of drug-likeness (QED) is 0.795. The molecule has 1 fully saturated rings. The third-order valence-electron chi connectivity index (χ3n) is 4.93. The summed E-state index contributed by atoms with van der Waals surface area (Å²) in [6, 6.07) is 15.4. The Labute approximate surface area is 161 Å². The number of para-hydroxylation sites is 1. The number of carbonyl (C=O) groups is 1. The summed E-state index contributed by atoms with van der Waals surface area (Å²) < 4.78 is 11.0. The second-order valence-electron chi connectivity index (χ2n) is 7.25. The zero-order valence-electron chi connectivity index (χ0n) is 16.2. The van der Waals surface area contributed by atoms with Crippen LogP contribution in [0.5, 0.6) is 5.75 Å². The van der Waals surface area contributed by atoms with Crippen molar-refractivity contribution < 1.29 is 14.3 Å². The summed E-state index contributed by atoms with van der Waals surface area (Å²) in [5, 5.41) is 6.51. The molecule has 2 aromatic carbocycles. The van der Waals surface area contributed by atoms with Crippen molar-refractivity contribution in [3.05, 3.63) is 54.1 Å². The average Bonchev–Trinajstić information content (AvgIpc) is 2.69. The second kappa shape index (κ2) is 8.91. The van der Waals surface area contributed by atoms with Crippen molar-refractivity contribution in [1.29, 1.82) is 0 Å². The first-order valence-corrected chi connectivity index (χ1v) is 9.49. The van der Waals surface area contributed by atoms with Crippen LogP contribution < -0.4 is 15.4 Å². The smallest absolute Gasteiger partial charge is 0.253 e. The highest BCUT2D eigenvalue weighted by Crippen LogP contribution is 2.24. The molecule has 0 unspecified atom stereocenters. The Balaban J connectivity index is 1.69. The first-order chi connectivity index (χ1) is 13.1. The topological polar surface area (TPSA) is 59.6 Å². The van der Waals surface area contributed by atoms with Gasteiger partial charge in [0.1, 0.15) is 5.75 Å². The maximum Gasteiger partial charge on any atom is 0.253 e. The highest BCUT2D eigenvalue weighted by atomic mass is 16.5. The molecular formula is C22H28N2O3. The van der Waals surface area contributed by atoms with Crippen LogP contribution in [0.1, 0.15) is 37.0 Å². The van der Waals surface area contributed by atoms with Crippen LogP contribution in [0.15, 0.2) is 48.5 Å². The number of amides is 1. The van der Waals surface area contributed by atoms with E-state index in [1.807, 2.05) is 48.5 Å². The van der Waals surface area contributed by atoms with Gasteiger partial charge in [-0.3, -0.25) is 4.79 Å². The molecule has 0 radical (unpaired) electrons. The van der Waals surface area contributed by atoms with E-state index in [-0.39, 0.29) is 18.1 Å². The van der Waals surface area contributed by atoms with Gasteiger partial charge in [-0.2, -0.15) is 0 Å². The van der Waals surface area contributed by atoms with Gasteiger partial charge < -0.3 is 20.1 Å². The Morgan fingerprint density at radius 2 is 1.89 bits per heavy atom. The minimum absolute atomic E-state index is 0.0546. The van der Waals surface area contributed by atoms with Crippen molar-refractivity contribution in [2.24, 2.45) is 5.92 Å². The summed E-state index contributed by atoms with van der Waals surface area (Å²) >= 11 is 0. The van der Waals surface area contributed by atoms with Gasteiger partial charge in [-0.15, -0.1) is 0 Å². The van der Waals surface area contributed by atoms with Crippen molar-refractivity contribution in [1.82, 2.24) is 5.32 Å². The fraction of sp³-hybridized carbons (Fsp3) is 0.409. The molecule has 0 bridgehead atoms. The Kier molecular flexibility index (Phi) is 6.35. The predicted octanol–water partition coefficient (Wildman–Crippen LogP) is 4.37. The van der Waals surface area contributed by atoms with E-state index in [1.54, 1.807) is 7.11 Å². The SMILES string of the molecule is COc1ccc(Nc2ccccc2C(=O)N[C@H]2CCO[C@@H](C(C)C)C2)cc1. The molecule has 2 aromatic rings. The molecule has 0 saturated carbocycles. The molecule has 0 aliphatic carbocycles. The lowest BCUT2D eigenvalue weighted by molar-refractivity contribution is -0.0233. The number of anilines is 2. The first-order valence-electron chi connectivity index (χ1n) is 9.49. The first kappa shape index (κ1) is 19.2. The van der Waals surface area contributed by atoms with E-state index in [1.165, 1.54) is 0 Å². The lowest BCUT2D eigenvalue weighted by Gasteiger charge is -2.32. The number of nitrogens with one attached hydrogen (secondary N) is 2. The molecule has 3 rings (SSSR count). The standard InChI is InChI=1S/C22H28N2O3/c1-15(2)21-14-17(12-13-27-21)24-22(25)19-6-4-5-7-20(19)23-16-8-10-18(26-3)11-9-16/h4-11,15,17,21,23H,12-14H2,1-3H3,(H,24,25)/t17-,21+/m0/s1. The van der Waals surface area contributed by atoms with Crippen LogP contribution in [0.2, 0.25) is 0 Å². The van der Waals surface area contributed by atoms with Gasteiger partial charge in [-0.25, -0.2) is 0 Å². The predicted molar refractivity (Wildman–Crippen MR) is 108 cm³/mol. The fourth-order valence-electron chi connectivity index (χ4n) is 3.31. The minimum atomic E-state index is -0.0546. The van der Waals surface area contributed by atoms with Crippen LogP contribution in [0, 0.1) is 5.92 Å². The van der Waals surface area contributed by atoms with E-state index in [4.69, 9.17) is 9.47 Å². The highest BCUT2D eigenvalue weighted by molar-refractivity contribution is 6.00. The molecule has 0 aromatic heterocycles. The molecule has 1 aliphatic rings. The number of benzene rings is 2. The van der Waals surface area contributed by atoms with E-state index in [2.05, 4.69) is 24.5 Å². The molecule has 27 heavy (non-hydrogen) atoms. The molecule has 144 valence electrons. The summed E-state index contributed by atoms with van der Waals surface area (Å²) in [6.07, 6.45) is 1.91. The van der Waals surface area contributed by atoms with Gasteiger partial charge >= 0.3 is 0 Å². The van der Waals surface area contributed by atoms with Crippen molar-refractivity contribution in [3.8, 4) is 5.75 Å². The second-order valence-corrected chi connectivity index (χ2v) is 7.25. The van der Waals surface area contributed by atoms with Crippen LogP contribution in [0.4, 0.5) is 11.4 Å². The third-order valence-corrected chi connectivity index (χ3v) is 4.93. The molecule has 1 saturated heterocycles. The monoisotopic (exact) mass is 368 g/mol. The molecule has 1 aliphatic heterocycles. The number of methoxy groups -OCH3 is 1. The summed E-state index contributed by atoms with van der Waals surface area (Å²) in [5.74, 6) is 1.19. The van der Waals surface area contributed by atoms with Crippen molar-refractivity contribution in [2.45, 2.75) is 38.8 Å². The van der Waals surface area contributed by atoms with Crippen LogP contribution in [0.25, 0.3) is 0 Å². The van der Waals surface area contributed by atoms with Crippen LogP contribution in [-0.4, -0.2) is 31.8 Å². The molecule has 5 nitrogen and oxygen atoms in total. The van der Waals surface area contributed by atoms with E-state index in [0.29, 0.717) is 18.1 Å². The Bertz CT molecular complexity index is 758. The van der Waals surface area contributed by atoms with E-state index in [0.717, 1.165) is 30.0 Å². The molecule has 2 atom stereocenters. The zero-order valence-corrected chi connectivity index (χ0v) is 16.2. The number of rotatable bonds is 6. The van der Waals surface area contributed by atoms with Crippen molar-refractivity contribution in [2.75, 3.05) is 19.0 Å². The van der Waals surface area contributed by atoms with E-state index < -0.39 is 0 Å². The lowest BCUT2D eigenvalue weighted by Crippen LogP contribution is -2.43. The van der Waals surface area contributed by atoms with Crippen LogP contribution >= 0.6 is 0 Å². The maximum atomic E-state index is 12.9. The Hall–Kier alpha value is -2.53. The van der Waals surface area contributed by atoms with Gasteiger partial charge in [0.15, 0.2) is 0 Å². The molecule has 1 amide bonds. The summed E-state index contributed by atoms with van der Waals surface area (Å²) in [4.78, 5) is 12.9. The zero-order chi connectivity index (χ0) is 19.2. The van der Waals surface area contributed by atoms with Gasteiger partial charge in [0.05, 0.1) is 24.5 Å². The molecule has 2 N–H and O–H groups in total. The highest BCUT2D eigenvalue weighted by Gasteiger charge is 2.26. The molecular weight excluding hydrogens is 340 g/mol. The molecule has 1 heterocycles. The summed E-state index contributed by atoms with van der Waals surface area (Å²) in [5.41, 5.74) is 2.33. The maximum absolute atomic E-state index is 12.9. The number of hydrogen-bond donors (Lipinski definition) is 2. The molecule has 5 heteroatoms. The van der Waals surface area contributed by atoms with Gasteiger partial charge in [-0.05, 0) is 55.2 Å². The summed E-state index contributed by atoms with van der Waals surface area (Å²) in [6.45, 7) is 5.01. The molecule has 0 spiro atoms. The lowest BCUT2D eigenvalue weighted by atomic mass is 9.95. The van der Waals surface area contributed by atoms with Gasteiger partial charge in [0, 0.05) is 18.3 Å². The van der Waals surface area contributed by atoms with E-state index in [9.17, 15) is 4.79 Å². The number of carbonyl (C=O) groups excluding carboxylic acids is 1. The van der Waals surface area contributed by atoms with Gasteiger partial charge in [0.25, 0.3) is 5.91 Å². The van der Waals surface area contributed by atoms with Crippen molar-refractivity contribution >= 4 is 17.3 Å². The minimum Gasteiger partial charge on any atom is -0.497 e. The average molecular weight is 368 g/mol. The number of hydrogen-bond acceptors (Lipinski definition) is 4. The largest absolute Gasteiger partial charge is 0.497 e. The fourth-order valence-corrected chi connectivity index (χ4v) is 3.31. The van der Waals surface area contributed by atoms with Crippen LogP contribution in [0.3, 0.4) is 0 Å². The number of ether oxygens (including phenoxy) is 2. The normalized spacial score (nSPS) is 19.6. The van der Waals surface area contributed by atoms with E-state index >= 15 is 0 Å². The van der Waals surface area contributed by atoms with Crippen LogP contribution in [-0.2, 0) is 4.74 Å². The third kappa shape index (κ3) is 5.01. The van der Waals surface area contributed by atoms with Crippen molar-refractivity contribution in [3.63, 3.8) is 0 Å². The Morgan fingerprint density at radius 3 is 2.59 bits per heavy atom. The van der Waals surface area contributed by atoms with Gasteiger partial charge in [0.2, 0.25) is 0 Å².